The molecule has 0 atom stereocenters. The average molecular weight is 1350 g/mol. The van der Waals surface area contributed by atoms with Crippen LogP contribution in [0.4, 0.5) is 35.1 Å². The molecule has 0 spiro atoms. The topological polar surface area (TPSA) is 192 Å². The maximum Gasteiger partial charge on any atom is 0.297 e. The molecule has 0 N–H and O–H groups in total. The molecule has 6 aromatic carbocycles. The standard InChI is InChI=1S/C64H78F8O14S4/c1-5-9-13-17-21-25-33-81-87(73,74)45-29-31-49-43(37-45)39-47(89(77,78)83-35-27-23-19-15-11-7-3)41-51(49)85-63-59(69)55(65)53(56(66)60(63)70)54-57(67)61(71)64(62(72)58(54)68)86-52-42-48(90(79,80)84-36-28-24-20-16-12-8-4)40-44-38-46(30-32-50(44)52)88(75,76)82-34-26-22-18-14-10-6-2/h29-32,37-42H,5-28,33-36H2,1-4H3. The first kappa shape index (κ1) is 73.6. The second-order valence-corrected chi connectivity index (χ2v) is 28.4. The Labute approximate surface area is 523 Å². The van der Waals surface area contributed by atoms with E-state index in [9.17, 15) is 33.7 Å². The van der Waals surface area contributed by atoms with Crippen LogP contribution >= 0.6 is 0 Å². The van der Waals surface area contributed by atoms with Crippen molar-refractivity contribution in [2.45, 2.75) is 201 Å². The minimum atomic E-state index is -4.82. The van der Waals surface area contributed by atoms with Crippen molar-refractivity contribution < 1.29 is 95.0 Å². The molecule has 90 heavy (non-hydrogen) atoms. The number of halogens is 8. The molecule has 0 aromatic heterocycles. The molecule has 0 aliphatic carbocycles. The monoisotopic (exact) mass is 1350 g/mol. The normalized spacial score (nSPS) is 12.4. The first-order valence-corrected chi connectivity index (χ1v) is 36.3. The van der Waals surface area contributed by atoms with E-state index in [1.54, 1.807) is 0 Å². The van der Waals surface area contributed by atoms with Crippen LogP contribution in [0.5, 0.6) is 23.0 Å². The molecular weight excluding hydrogens is 1270 g/mol. The van der Waals surface area contributed by atoms with Gasteiger partial charge < -0.3 is 9.47 Å². The fraction of sp³-hybridized carbons (Fsp3) is 0.500. The lowest BCUT2D eigenvalue weighted by molar-refractivity contribution is 0.305. The van der Waals surface area contributed by atoms with Crippen molar-refractivity contribution in [2.75, 3.05) is 26.4 Å². The van der Waals surface area contributed by atoms with E-state index < -0.39 is 141 Å². The van der Waals surface area contributed by atoms with Gasteiger partial charge in [-0.2, -0.15) is 51.2 Å². The molecular formula is C64H78F8O14S4. The minimum Gasteiger partial charge on any atom is -0.450 e. The lowest BCUT2D eigenvalue weighted by Crippen LogP contribution is -2.11. The van der Waals surface area contributed by atoms with Crippen molar-refractivity contribution in [1.82, 2.24) is 0 Å². The first-order chi connectivity index (χ1) is 42.8. The van der Waals surface area contributed by atoms with Gasteiger partial charge >= 0.3 is 0 Å². The van der Waals surface area contributed by atoms with Crippen molar-refractivity contribution in [3.8, 4) is 34.1 Å². The van der Waals surface area contributed by atoms with Crippen molar-refractivity contribution >= 4 is 62.0 Å². The Morgan fingerprint density at radius 3 is 0.789 bits per heavy atom. The molecule has 0 aliphatic rings. The highest BCUT2D eigenvalue weighted by Crippen LogP contribution is 2.46. The molecule has 0 amide bonds. The van der Waals surface area contributed by atoms with Crippen LogP contribution in [0.3, 0.4) is 0 Å². The van der Waals surface area contributed by atoms with E-state index in [4.69, 9.17) is 26.2 Å². The Kier molecular flexibility index (Phi) is 28.1. The molecule has 0 fully saturated rings. The summed E-state index contributed by atoms with van der Waals surface area (Å²) < 4.78 is 271. The smallest absolute Gasteiger partial charge is 0.297 e. The van der Waals surface area contributed by atoms with Crippen LogP contribution in [0, 0.1) is 46.5 Å². The highest BCUT2D eigenvalue weighted by Gasteiger charge is 2.37. The van der Waals surface area contributed by atoms with Crippen LogP contribution < -0.4 is 9.47 Å². The largest absolute Gasteiger partial charge is 0.450 e. The van der Waals surface area contributed by atoms with Crippen molar-refractivity contribution in [1.29, 1.82) is 0 Å². The number of hydrogen-bond acceptors (Lipinski definition) is 14. The second kappa shape index (κ2) is 34.4. The van der Waals surface area contributed by atoms with E-state index in [1.807, 2.05) is 27.7 Å². The number of fused-ring (bicyclic) bond motifs is 2. The van der Waals surface area contributed by atoms with Crippen LogP contribution in [0.25, 0.3) is 32.7 Å². The maximum atomic E-state index is 16.4. The van der Waals surface area contributed by atoms with Crippen molar-refractivity contribution in [3.63, 3.8) is 0 Å². The van der Waals surface area contributed by atoms with Gasteiger partial charge in [-0.3, -0.25) is 16.7 Å². The third kappa shape index (κ3) is 19.3. The predicted octanol–water partition coefficient (Wildman–Crippen LogP) is 18.6. The van der Waals surface area contributed by atoms with Gasteiger partial charge in [-0.15, -0.1) is 0 Å². The first-order valence-electron chi connectivity index (χ1n) is 30.7. The van der Waals surface area contributed by atoms with Gasteiger partial charge in [0.15, 0.2) is 23.3 Å². The van der Waals surface area contributed by atoms with E-state index >= 15 is 35.1 Å². The van der Waals surface area contributed by atoms with Gasteiger partial charge in [0, 0.05) is 22.9 Å². The summed E-state index contributed by atoms with van der Waals surface area (Å²) in [5.74, 6) is -26.8. The fourth-order valence-electron chi connectivity index (χ4n) is 9.88. The average Bonchev–Trinajstić information content (AvgIpc) is 0.776. The molecule has 0 radical (unpaired) electrons. The van der Waals surface area contributed by atoms with Gasteiger partial charge in [0.1, 0.15) is 11.5 Å². The molecule has 0 aliphatic heterocycles. The van der Waals surface area contributed by atoms with Crippen LogP contribution in [0.1, 0.15) is 182 Å². The van der Waals surface area contributed by atoms with Gasteiger partial charge in [-0.25, -0.2) is 17.6 Å². The van der Waals surface area contributed by atoms with E-state index in [0.29, 0.717) is 50.7 Å². The molecule has 0 saturated heterocycles. The van der Waals surface area contributed by atoms with E-state index in [-0.39, 0.29) is 60.8 Å². The number of ether oxygens (including phenoxy) is 2. The second-order valence-electron chi connectivity index (χ2n) is 21.9. The van der Waals surface area contributed by atoms with Gasteiger partial charge in [0.2, 0.25) is 34.8 Å². The minimum absolute atomic E-state index is 0.206. The summed E-state index contributed by atoms with van der Waals surface area (Å²) in [4.78, 5) is -2.57. The van der Waals surface area contributed by atoms with E-state index in [2.05, 4.69) is 0 Å². The summed E-state index contributed by atoms with van der Waals surface area (Å²) in [5.41, 5.74) is -4.68. The van der Waals surface area contributed by atoms with Gasteiger partial charge in [-0.05, 0) is 85.0 Å². The Bertz CT molecular complexity index is 3570. The predicted molar refractivity (Wildman–Crippen MR) is 326 cm³/mol. The van der Waals surface area contributed by atoms with Crippen LogP contribution in [-0.2, 0) is 57.2 Å². The highest BCUT2D eigenvalue weighted by molar-refractivity contribution is 7.87. The molecule has 0 unspecified atom stereocenters. The Morgan fingerprint density at radius 2 is 0.522 bits per heavy atom. The number of rotatable bonds is 41. The molecule has 6 rings (SSSR count). The quantitative estimate of drug-likeness (QED) is 0.0152. The van der Waals surface area contributed by atoms with Crippen molar-refractivity contribution in [2.24, 2.45) is 0 Å². The summed E-state index contributed by atoms with van der Waals surface area (Å²) in [6.07, 6.45) is 18.5. The molecule has 0 heterocycles. The summed E-state index contributed by atoms with van der Waals surface area (Å²) in [5, 5.41) is -1.21. The number of benzene rings is 6. The third-order valence-electron chi connectivity index (χ3n) is 14.9. The van der Waals surface area contributed by atoms with Gasteiger partial charge in [0.25, 0.3) is 40.5 Å². The molecule has 498 valence electrons. The molecule has 0 bridgehead atoms. The number of hydrogen-bond donors (Lipinski definition) is 0. The van der Waals surface area contributed by atoms with E-state index in [0.717, 1.165) is 151 Å². The van der Waals surface area contributed by atoms with Crippen molar-refractivity contribution in [3.05, 3.63) is 107 Å². The molecule has 14 nitrogen and oxygen atoms in total. The summed E-state index contributed by atoms with van der Waals surface area (Å²) in [7, 11) is -18.7. The Hall–Kier alpha value is -5.48. The lowest BCUT2D eigenvalue weighted by atomic mass is 10.0. The molecule has 26 heteroatoms. The van der Waals surface area contributed by atoms with Crippen LogP contribution in [0.15, 0.2) is 80.2 Å². The van der Waals surface area contributed by atoms with Crippen LogP contribution in [-0.4, -0.2) is 60.1 Å². The zero-order valence-electron chi connectivity index (χ0n) is 50.9. The lowest BCUT2D eigenvalue weighted by Gasteiger charge is -2.18. The Morgan fingerprint density at radius 1 is 0.289 bits per heavy atom. The summed E-state index contributed by atoms with van der Waals surface area (Å²) in [6, 6.07) is 9.02. The van der Waals surface area contributed by atoms with E-state index in [1.165, 1.54) is 0 Å². The SMILES string of the molecule is CCCCCCCCOS(=O)(=O)c1ccc2c(Oc3c(F)c(F)c(-c4c(F)c(F)c(Oc5cc(S(=O)(=O)OCCCCCCCC)cc6cc(S(=O)(=O)OCCCCCCCC)ccc56)c(F)c4F)c(F)c3F)cc(S(=O)(=O)OCCCCCCCC)cc2c1. The number of unbranched alkanes of at least 4 members (excludes halogenated alkanes) is 20. The molecule has 6 aromatic rings. The van der Waals surface area contributed by atoms with Gasteiger partial charge in [0.05, 0.1) is 57.1 Å². The maximum absolute atomic E-state index is 16.4. The summed E-state index contributed by atoms with van der Waals surface area (Å²) >= 11 is 0. The van der Waals surface area contributed by atoms with Gasteiger partial charge in [-0.1, -0.05) is 156 Å². The third-order valence-corrected chi connectivity index (χ3v) is 20.1. The van der Waals surface area contributed by atoms with Crippen LogP contribution in [0.2, 0.25) is 0 Å². The summed E-state index contributed by atoms with van der Waals surface area (Å²) in [6.45, 7) is 7.02. The zero-order chi connectivity index (χ0) is 65.8. The Balaban J connectivity index is 1.39. The molecule has 0 saturated carbocycles. The fourth-order valence-corrected chi connectivity index (χ4v) is 13.8. The zero-order valence-corrected chi connectivity index (χ0v) is 54.2. The highest BCUT2D eigenvalue weighted by atomic mass is 32.2.